The summed E-state index contributed by atoms with van der Waals surface area (Å²) in [5.74, 6) is -0.937. The summed E-state index contributed by atoms with van der Waals surface area (Å²) in [6.45, 7) is 2.87. The smallest absolute Gasteiger partial charge is 0.348 e. The van der Waals surface area contributed by atoms with Crippen LogP contribution >= 0.6 is 23.2 Å². The molecule has 0 heterocycles. The zero-order valence-electron chi connectivity index (χ0n) is 8.89. The highest BCUT2D eigenvalue weighted by Crippen LogP contribution is 2.32. The summed E-state index contributed by atoms with van der Waals surface area (Å²) in [5.41, 5.74) is -2.09. The maximum atomic E-state index is 14.1. The van der Waals surface area contributed by atoms with Crippen LogP contribution in [0.5, 0.6) is 0 Å². The Bertz CT molecular complexity index is 405. The highest BCUT2D eigenvalue weighted by atomic mass is 35.5. The normalized spacial score (nSPS) is 14.3. The molecule has 0 radical (unpaired) electrons. The lowest BCUT2D eigenvalue weighted by molar-refractivity contribution is -0.156. The lowest BCUT2D eigenvalue weighted by atomic mass is 9.98. The fourth-order valence-corrected chi connectivity index (χ4v) is 1.47. The van der Waals surface area contributed by atoms with Crippen LogP contribution in [0.1, 0.15) is 19.4 Å². The molecule has 0 aliphatic heterocycles. The number of ether oxygens (including phenoxy) is 1. The molecule has 0 aliphatic carbocycles. The van der Waals surface area contributed by atoms with Gasteiger partial charge in [-0.3, -0.25) is 0 Å². The second kappa shape index (κ2) is 5.02. The second-order valence-corrected chi connectivity index (χ2v) is 4.17. The number of benzene rings is 1. The zero-order chi connectivity index (χ0) is 12.3. The predicted octanol–water partition coefficient (Wildman–Crippen LogP) is 3.74. The van der Waals surface area contributed by atoms with Gasteiger partial charge in [0.25, 0.3) is 0 Å². The summed E-state index contributed by atoms with van der Waals surface area (Å²) < 4.78 is 18.8. The first-order valence-corrected chi connectivity index (χ1v) is 5.46. The zero-order valence-corrected chi connectivity index (χ0v) is 10.4. The number of halogens is 3. The van der Waals surface area contributed by atoms with Crippen molar-refractivity contribution in [2.75, 3.05) is 6.61 Å². The molecule has 0 aliphatic rings. The van der Waals surface area contributed by atoms with E-state index in [0.717, 1.165) is 6.92 Å². The van der Waals surface area contributed by atoms with Crippen LogP contribution in [0.3, 0.4) is 0 Å². The molecule has 0 amide bonds. The number of rotatable bonds is 3. The van der Waals surface area contributed by atoms with Gasteiger partial charge in [0.05, 0.1) is 16.7 Å². The van der Waals surface area contributed by atoms with Crippen molar-refractivity contribution in [3.05, 3.63) is 33.8 Å². The minimum absolute atomic E-state index is 0.125. The van der Waals surface area contributed by atoms with Crippen molar-refractivity contribution in [3.63, 3.8) is 0 Å². The minimum Gasteiger partial charge on any atom is -0.463 e. The highest BCUT2D eigenvalue weighted by Gasteiger charge is 2.37. The van der Waals surface area contributed by atoms with E-state index in [1.54, 1.807) is 6.92 Å². The standard InChI is InChI=1S/C11H11Cl2FO2/c1-3-16-10(15)11(2,14)7-4-5-8(12)9(13)6-7/h4-6H,3H2,1-2H3. The fraction of sp³-hybridized carbons (Fsp3) is 0.364. The van der Waals surface area contributed by atoms with E-state index in [4.69, 9.17) is 23.2 Å². The molecular weight excluding hydrogens is 254 g/mol. The van der Waals surface area contributed by atoms with Gasteiger partial charge in [0.15, 0.2) is 0 Å². The Kier molecular flexibility index (Phi) is 4.16. The van der Waals surface area contributed by atoms with Gasteiger partial charge in [0.2, 0.25) is 5.67 Å². The largest absolute Gasteiger partial charge is 0.463 e. The Morgan fingerprint density at radius 1 is 1.44 bits per heavy atom. The lowest BCUT2D eigenvalue weighted by Crippen LogP contribution is -2.29. The van der Waals surface area contributed by atoms with Crippen LogP contribution < -0.4 is 0 Å². The molecule has 0 saturated heterocycles. The van der Waals surface area contributed by atoms with Crippen LogP contribution in [0.15, 0.2) is 18.2 Å². The summed E-state index contributed by atoms with van der Waals surface area (Å²) in [5, 5.41) is 0.511. The van der Waals surface area contributed by atoms with E-state index in [9.17, 15) is 9.18 Å². The Morgan fingerprint density at radius 3 is 2.56 bits per heavy atom. The molecule has 0 bridgehead atoms. The molecule has 0 fully saturated rings. The number of carbonyl (C=O) groups excluding carboxylic acids is 1. The van der Waals surface area contributed by atoms with Gasteiger partial charge in [-0.2, -0.15) is 0 Å². The van der Waals surface area contributed by atoms with Crippen LogP contribution in [-0.4, -0.2) is 12.6 Å². The summed E-state index contributed by atoms with van der Waals surface area (Å²) in [6, 6.07) is 4.17. The van der Waals surface area contributed by atoms with E-state index in [0.29, 0.717) is 5.02 Å². The molecular formula is C11H11Cl2FO2. The molecule has 0 N–H and O–H groups in total. The molecule has 1 rings (SSSR count). The third-order valence-electron chi connectivity index (χ3n) is 2.12. The van der Waals surface area contributed by atoms with E-state index in [1.165, 1.54) is 18.2 Å². The van der Waals surface area contributed by atoms with Crippen molar-refractivity contribution in [1.82, 2.24) is 0 Å². The van der Waals surface area contributed by atoms with Gasteiger partial charge >= 0.3 is 5.97 Å². The molecule has 88 valence electrons. The van der Waals surface area contributed by atoms with Gasteiger partial charge in [-0.05, 0) is 26.0 Å². The van der Waals surface area contributed by atoms with Crippen molar-refractivity contribution < 1.29 is 13.9 Å². The number of hydrogen-bond donors (Lipinski definition) is 0. The molecule has 0 spiro atoms. The molecule has 1 aromatic rings. The average molecular weight is 265 g/mol. The predicted molar refractivity (Wildman–Crippen MR) is 61.6 cm³/mol. The molecule has 16 heavy (non-hydrogen) atoms. The third kappa shape index (κ3) is 2.66. The first-order chi connectivity index (χ1) is 7.39. The van der Waals surface area contributed by atoms with Crippen molar-refractivity contribution in [1.29, 1.82) is 0 Å². The van der Waals surface area contributed by atoms with Gasteiger partial charge in [-0.25, -0.2) is 9.18 Å². The topological polar surface area (TPSA) is 26.3 Å². The van der Waals surface area contributed by atoms with Gasteiger partial charge in [-0.1, -0.05) is 29.3 Å². The van der Waals surface area contributed by atoms with Crippen molar-refractivity contribution in [2.45, 2.75) is 19.5 Å². The van der Waals surface area contributed by atoms with Gasteiger partial charge in [0, 0.05) is 5.56 Å². The molecule has 1 unspecified atom stereocenters. The number of carbonyl (C=O) groups is 1. The van der Waals surface area contributed by atoms with Gasteiger partial charge < -0.3 is 4.74 Å². The number of alkyl halides is 1. The van der Waals surface area contributed by atoms with E-state index in [-0.39, 0.29) is 17.2 Å². The SMILES string of the molecule is CCOC(=O)C(C)(F)c1ccc(Cl)c(Cl)c1. The minimum atomic E-state index is -2.22. The monoisotopic (exact) mass is 264 g/mol. The van der Waals surface area contributed by atoms with Crippen LogP contribution in [0.25, 0.3) is 0 Å². The van der Waals surface area contributed by atoms with Crippen molar-refractivity contribution in [3.8, 4) is 0 Å². The molecule has 1 aromatic carbocycles. The van der Waals surface area contributed by atoms with E-state index >= 15 is 0 Å². The third-order valence-corrected chi connectivity index (χ3v) is 2.86. The maximum absolute atomic E-state index is 14.1. The van der Waals surface area contributed by atoms with E-state index in [1.807, 2.05) is 0 Å². The van der Waals surface area contributed by atoms with Gasteiger partial charge in [0.1, 0.15) is 0 Å². The fourth-order valence-electron chi connectivity index (χ4n) is 1.17. The van der Waals surface area contributed by atoms with E-state index in [2.05, 4.69) is 4.74 Å². The summed E-state index contributed by atoms with van der Waals surface area (Å²) in [4.78, 5) is 11.4. The number of esters is 1. The molecule has 1 atom stereocenters. The second-order valence-electron chi connectivity index (χ2n) is 3.35. The Morgan fingerprint density at radius 2 is 2.06 bits per heavy atom. The first kappa shape index (κ1) is 13.3. The molecule has 0 aromatic heterocycles. The Labute approximate surface area is 103 Å². The first-order valence-electron chi connectivity index (χ1n) is 4.71. The molecule has 5 heteroatoms. The quantitative estimate of drug-likeness (QED) is 0.778. The van der Waals surface area contributed by atoms with Gasteiger partial charge in [-0.15, -0.1) is 0 Å². The Hall–Kier alpha value is -0.800. The number of hydrogen-bond acceptors (Lipinski definition) is 2. The average Bonchev–Trinajstić information content (AvgIpc) is 2.22. The Balaban J connectivity index is 3.06. The lowest BCUT2D eigenvalue weighted by Gasteiger charge is -2.19. The summed E-state index contributed by atoms with van der Waals surface area (Å²) in [7, 11) is 0. The van der Waals surface area contributed by atoms with Crippen molar-refractivity contribution >= 4 is 29.2 Å². The maximum Gasteiger partial charge on any atom is 0.348 e. The van der Waals surface area contributed by atoms with Crippen LogP contribution in [0.4, 0.5) is 4.39 Å². The van der Waals surface area contributed by atoms with Crippen LogP contribution in [0, 0.1) is 0 Å². The van der Waals surface area contributed by atoms with Crippen LogP contribution in [-0.2, 0) is 15.2 Å². The molecule has 2 nitrogen and oxygen atoms in total. The van der Waals surface area contributed by atoms with Crippen LogP contribution in [0.2, 0.25) is 10.0 Å². The highest BCUT2D eigenvalue weighted by molar-refractivity contribution is 6.42. The van der Waals surface area contributed by atoms with E-state index < -0.39 is 11.6 Å². The molecule has 0 saturated carbocycles. The van der Waals surface area contributed by atoms with Crippen molar-refractivity contribution in [2.24, 2.45) is 0 Å². The summed E-state index contributed by atoms with van der Waals surface area (Å²) in [6.07, 6.45) is 0. The summed E-state index contributed by atoms with van der Waals surface area (Å²) >= 11 is 11.5.